The van der Waals surface area contributed by atoms with Crippen LogP contribution in [0.4, 0.5) is 0 Å². The van der Waals surface area contributed by atoms with Gasteiger partial charge in [0.05, 0.1) is 0 Å². The Balaban J connectivity index is 2.08. The van der Waals surface area contributed by atoms with E-state index in [1.165, 1.54) is 16.7 Å². The van der Waals surface area contributed by atoms with Crippen LogP contribution in [0.5, 0.6) is 5.75 Å². The topological polar surface area (TPSA) is 20.2 Å². The van der Waals surface area contributed by atoms with E-state index in [1.807, 2.05) is 12.1 Å². The summed E-state index contributed by atoms with van der Waals surface area (Å²) < 4.78 is 0. The highest BCUT2D eigenvalue weighted by atomic mass is 16.3. The number of hydrogen-bond donors (Lipinski definition) is 1. The zero-order chi connectivity index (χ0) is 16.2. The smallest absolute Gasteiger partial charge is 0.115 e. The second-order valence-corrected chi connectivity index (χ2v) is 6.63. The summed E-state index contributed by atoms with van der Waals surface area (Å²) in [6.45, 7) is 8.74. The molecule has 0 fully saturated rings. The average molecular weight is 292 g/mol. The van der Waals surface area contributed by atoms with Gasteiger partial charge in [-0.15, -0.1) is 0 Å². The van der Waals surface area contributed by atoms with Gasteiger partial charge in [-0.05, 0) is 46.7 Å². The van der Waals surface area contributed by atoms with Crippen LogP contribution in [0.1, 0.15) is 44.4 Å². The molecule has 2 rings (SSSR count). The molecule has 0 aliphatic carbocycles. The van der Waals surface area contributed by atoms with Crippen molar-refractivity contribution in [1.82, 2.24) is 0 Å². The summed E-state index contributed by atoms with van der Waals surface area (Å²) in [6.07, 6.45) is 6.26. The van der Waals surface area contributed by atoms with Crippen molar-refractivity contribution in [1.29, 1.82) is 0 Å². The van der Waals surface area contributed by atoms with E-state index in [9.17, 15) is 5.11 Å². The van der Waals surface area contributed by atoms with Gasteiger partial charge < -0.3 is 5.11 Å². The molecule has 1 heteroatoms. The third-order valence-electron chi connectivity index (χ3n) is 3.73. The van der Waals surface area contributed by atoms with Crippen LogP contribution >= 0.6 is 0 Å². The SMILES string of the molecule is CC(=CC=Cc1ccc(C(C)(C)C)cc1)c1ccc(O)cc1. The van der Waals surface area contributed by atoms with Gasteiger partial charge in [0, 0.05) is 0 Å². The van der Waals surface area contributed by atoms with Crippen molar-refractivity contribution in [2.75, 3.05) is 0 Å². The summed E-state index contributed by atoms with van der Waals surface area (Å²) in [5.41, 5.74) is 5.02. The van der Waals surface area contributed by atoms with Gasteiger partial charge >= 0.3 is 0 Å². The van der Waals surface area contributed by atoms with Crippen molar-refractivity contribution in [2.45, 2.75) is 33.1 Å². The number of phenolic OH excluding ortho intramolecular Hbond substituents is 1. The summed E-state index contributed by atoms with van der Waals surface area (Å²) in [6, 6.07) is 16.0. The first-order chi connectivity index (χ1) is 10.4. The second-order valence-electron chi connectivity index (χ2n) is 6.63. The van der Waals surface area contributed by atoms with E-state index >= 15 is 0 Å². The van der Waals surface area contributed by atoms with Crippen molar-refractivity contribution in [3.05, 3.63) is 77.4 Å². The van der Waals surface area contributed by atoms with E-state index in [0.717, 1.165) is 5.56 Å². The van der Waals surface area contributed by atoms with Crippen molar-refractivity contribution >= 4 is 11.6 Å². The lowest BCUT2D eigenvalue weighted by Crippen LogP contribution is -2.10. The maximum Gasteiger partial charge on any atom is 0.115 e. The fraction of sp³-hybridized carbons (Fsp3) is 0.238. The molecule has 0 aromatic heterocycles. The van der Waals surface area contributed by atoms with E-state index in [0.29, 0.717) is 5.75 Å². The zero-order valence-electron chi connectivity index (χ0n) is 13.8. The summed E-state index contributed by atoms with van der Waals surface area (Å²) in [5.74, 6) is 0.297. The first-order valence-electron chi connectivity index (χ1n) is 7.61. The highest BCUT2D eigenvalue weighted by molar-refractivity contribution is 5.67. The zero-order valence-corrected chi connectivity index (χ0v) is 13.8. The Morgan fingerprint density at radius 1 is 0.909 bits per heavy atom. The van der Waals surface area contributed by atoms with Crippen LogP contribution in [-0.4, -0.2) is 5.11 Å². The molecule has 1 nitrogen and oxygen atoms in total. The molecule has 0 aliphatic rings. The van der Waals surface area contributed by atoms with Crippen LogP contribution in [0.25, 0.3) is 11.6 Å². The minimum absolute atomic E-state index is 0.192. The van der Waals surface area contributed by atoms with Gasteiger partial charge in [0.2, 0.25) is 0 Å². The predicted molar refractivity (Wildman–Crippen MR) is 95.9 cm³/mol. The van der Waals surface area contributed by atoms with Gasteiger partial charge in [-0.1, -0.05) is 75.4 Å². The fourth-order valence-electron chi connectivity index (χ4n) is 2.22. The summed E-state index contributed by atoms with van der Waals surface area (Å²) in [5, 5.41) is 9.31. The highest BCUT2D eigenvalue weighted by Gasteiger charge is 2.12. The molecule has 0 unspecified atom stereocenters. The standard InChI is InChI=1S/C21H24O/c1-16(18-10-14-20(22)15-11-18)6-5-7-17-8-12-19(13-9-17)21(2,3)4/h5-15,22H,1-4H3. The molecule has 0 spiro atoms. The van der Waals surface area contributed by atoms with Gasteiger partial charge in [0.1, 0.15) is 5.75 Å². The van der Waals surface area contributed by atoms with Gasteiger partial charge in [0.15, 0.2) is 0 Å². The van der Waals surface area contributed by atoms with E-state index in [2.05, 4.69) is 70.2 Å². The molecule has 0 saturated heterocycles. The molecule has 0 amide bonds. The monoisotopic (exact) mass is 292 g/mol. The van der Waals surface area contributed by atoms with Gasteiger partial charge in [0.25, 0.3) is 0 Å². The molecule has 0 atom stereocenters. The van der Waals surface area contributed by atoms with E-state index in [4.69, 9.17) is 0 Å². The molecule has 1 N–H and O–H groups in total. The molecule has 0 aliphatic heterocycles. The molecule has 0 radical (unpaired) electrons. The Labute approximate surface area is 133 Å². The van der Waals surface area contributed by atoms with E-state index in [-0.39, 0.29) is 5.41 Å². The second kappa shape index (κ2) is 6.65. The minimum Gasteiger partial charge on any atom is -0.508 e. The lowest BCUT2D eigenvalue weighted by atomic mass is 9.87. The lowest BCUT2D eigenvalue weighted by molar-refractivity contribution is 0.475. The number of aromatic hydroxyl groups is 1. The molecule has 0 heterocycles. The van der Waals surface area contributed by atoms with Crippen LogP contribution in [0.15, 0.2) is 60.7 Å². The number of phenols is 1. The molecule has 0 bridgehead atoms. The Bertz CT molecular complexity index is 665. The van der Waals surface area contributed by atoms with E-state index in [1.54, 1.807) is 12.1 Å². The average Bonchev–Trinajstić information content (AvgIpc) is 2.47. The predicted octanol–water partition coefficient (Wildman–Crippen LogP) is 5.81. The largest absolute Gasteiger partial charge is 0.508 e. The Hall–Kier alpha value is -2.28. The number of benzene rings is 2. The first kappa shape index (κ1) is 16.1. The van der Waals surface area contributed by atoms with Crippen LogP contribution in [-0.2, 0) is 5.41 Å². The summed E-state index contributed by atoms with van der Waals surface area (Å²) in [7, 11) is 0. The van der Waals surface area contributed by atoms with Crippen LogP contribution in [0.3, 0.4) is 0 Å². The Morgan fingerprint density at radius 3 is 2.05 bits per heavy atom. The number of hydrogen-bond acceptors (Lipinski definition) is 1. The summed E-state index contributed by atoms with van der Waals surface area (Å²) >= 11 is 0. The van der Waals surface area contributed by atoms with Crippen molar-refractivity contribution < 1.29 is 5.11 Å². The van der Waals surface area contributed by atoms with E-state index < -0.39 is 0 Å². The van der Waals surface area contributed by atoms with Crippen molar-refractivity contribution in [3.63, 3.8) is 0 Å². The van der Waals surface area contributed by atoms with Gasteiger partial charge in [-0.25, -0.2) is 0 Å². The van der Waals surface area contributed by atoms with Crippen LogP contribution < -0.4 is 0 Å². The molecule has 2 aromatic carbocycles. The summed E-state index contributed by atoms with van der Waals surface area (Å²) in [4.78, 5) is 0. The lowest BCUT2D eigenvalue weighted by Gasteiger charge is -2.18. The normalized spacial score (nSPS) is 12.8. The molecule has 114 valence electrons. The third kappa shape index (κ3) is 4.36. The Morgan fingerprint density at radius 2 is 1.50 bits per heavy atom. The van der Waals surface area contributed by atoms with Crippen LogP contribution in [0, 0.1) is 0 Å². The fourth-order valence-corrected chi connectivity index (χ4v) is 2.22. The maximum atomic E-state index is 9.31. The quantitative estimate of drug-likeness (QED) is 0.708. The van der Waals surface area contributed by atoms with Gasteiger partial charge in [-0.3, -0.25) is 0 Å². The molecular weight excluding hydrogens is 268 g/mol. The minimum atomic E-state index is 0.192. The first-order valence-corrected chi connectivity index (χ1v) is 7.61. The molecule has 2 aromatic rings. The highest BCUT2D eigenvalue weighted by Crippen LogP contribution is 2.22. The Kier molecular flexibility index (Phi) is 4.87. The van der Waals surface area contributed by atoms with Crippen molar-refractivity contribution in [2.24, 2.45) is 0 Å². The maximum absolute atomic E-state index is 9.31. The van der Waals surface area contributed by atoms with Crippen molar-refractivity contribution in [3.8, 4) is 5.75 Å². The molecule has 22 heavy (non-hydrogen) atoms. The molecule has 0 saturated carbocycles. The molecular formula is C21H24O. The van der Waals surface area contributed by atoms with Crippen LogP contribution in [0.2, 0.25) is 0 Å². The number of allylic oxidation sites excluding steroid dienone is 3. The number of rotatable bonds is 3. The van der Waals surface area contributed by atoms with Gasteiger partial charge in [-0.2, -0.15) is 0 Å². The third-order valence-corrected chi connectivity index (χ3v) is 3.73.